The van der Waals surface area contributed by atoms with E-state index in [-0.39, 0.29) is 0 Å². The molecule has 0 fully saturated rings. The van der Waals surface area contributed by atoms with Gasteiger partial charge in [-0.05, 0) is 6.07 Å². The molecule has 11 heavy (non-hydrogen) atoms. The van der Waals surface area contributed by atoms with E-state index in [0.717, 1.165) is 5.69 Å². The molecule has 56 valence electrons. The van der Waals surface area contributed by atoms with Crippen molar-refractivity contribution >= 4 is 16.6 Å². The summed E-state index contributed by atoms with van der Waals surface area (Å²) in [7, 11) is 1.93. The monoisotopic (exact) mass is 146 g/mol. The Morgan fingerprint density at radius 2 is 2.09 bits per heavy atom. The number of para-hydroxylation sites is 1. The Hall–Kier alpha value is -1.44. The molecule has 0 unspecified atom stereocenters. The number of anilines is 1. The van der Waals surface area contributed by atoms with Gasteiger partial charge in [-0.15, -0.1) is 0 Å². The van der Waals surface area contributed by atoms with Crippen molar-refractivity contribution in [3.63, 3.8) is 0 Å². The van der Waals surface area contributed by atoms with Crippen LogP contribution in [0, 0.1) is 0 Å². The molecule has 0 aliphatic rings. The van der Waals surface area contributed by atoms with Crippen molar-refractivity contribution in [3.05, 3.63) is 30.5 Å². The topological polar surface area (TPSA) is 27.8 Å². The van der Waals surface area contributed by atoms with Gasteiger partial charge in [0.05, 0.1) is 5.69 Å². The number of rotatable bonds is 1. The molecule has 1 heterocycles. The number of hydrogen-bond donors (Lipinski definition) is 2. The zero-order valence-corrected chi connectivity index (χ0v) is 6.39. The van der Waals surface area contributed by atoms with Gasteiger partial charge in [0.2, 0.25) is 0 Å². The van der Waals surface area contributed by atoms with Crippen molar-refractivity contribution in [3.8, 4) is 0 Å². The van der Waals surface area contributed by atoms with E-state index in [1.54, 1.807) is 0 Å². The van der Waals surface area contributed by atoms with Crippen molar-refractivity contribution in [1.82, 2.24) is 4.98 Å². The van der Waals surface area contributed by atoms with Gasteiger partial charge in [-0.2, -0.15) is 0 Å². The van der Waals surface area contributed by atoms with Crippen LogP contribution in [0.4, 0.5) is 5.69 Å². The lowest BCUT2D eigenvalue weighted by Crippen LogP contribution is -1.83. The van der Waals surface area contributed by atoms with Crippen LogP contribution in [-0.4, -0.2) is 12.0 Å². The highest BCUT2D eigenvalue weighted by Crippen LogP contribution is 2.21. The van der Waals surface area contributed by atoms with Crippen LogP contribution < -0.4 is 5.32 Å². The van der Waals surface area contributed by atoms with Crippen LogP contribution >= 0.6 is 0 Å². The summed E-state index contributed by atoms with van der Waals surface area (Å²) < 4.78 is 0. The minimum absolute atomic E-state index is 1.15. The third-order valence-corrected chi connectivity index (χ3v) is 1.86. The summed E-state index contributed by atoms with van der Waals surface area (Å²) in [5, 5.41) is 4.36. The van der Waals surface area contributed by atoms with Gasteiger partial charge in [0, 0.05) is 24.1 Å². The Bertz CT molecular complexity index is 362. The third kappa shape index (κ3) is 0.871. The summed E-state index contributed by atoms with van der Waals surface area (Å²) in [4.78, 5) is 3.18. The maximum absolute atomic E-state index is 3.18. The van der Waals surface area contributed by atoms with Gasteiger partial charge in [-0.25, -0.2) is 0 Å². The number of hydrogen-bond acceptors (Lipinski definition) is 1. The van der Waals surface area contributed by atoms with Crippen LogP contribution in [0.15, 0.2) is 30.5 Å². The van der Waals surface area contributed by atoms with Crippen LogP contribution in [0.5, 0.6) is 0 Å². The quantitative estimate of drug-likeness (QED) is 0.634. The zero-order chi connectivity index (χ0) is 7.68. The molecule has 2 nitrogen and oxygen atoms in total. The summed E-state index contributed by atoms with van der Waals surface area (Å²) in [5.74, 6) is 0. The molecule has 0 saturated heterocycles. The second-order valence-electron chi connectivity index (χ2n) is 2.50. The van der Waals surface area contributed by atoms with Crippen molar-refractivity contribution in [2.24, 2.45) is 0 Å². The van der Waals surface area contributed by atoms with Crippen molar-refractivity contribution in [2.45, 2.75) is 0 Å². The van der Waals surface area contributed by atoms with Gasteiger partial charge in [0.15, 0.2) is 0 Å². The molecule has 0 aliphatic heterocycles. The van der Waals surface area contributed by atoms with Gasteiger partial charge in [0.1, 0.15) is 0 Å². The molecule has 0 amide bonds. The number of benzene rings is 1. The van der Waals surface area contributed by atoms with Crippen molar-refractivity contribution in [1.29, 1.82) is 0 Å². The first kappa shape index (κ1) is 6.28. The van der Waals surface area contributed by atoms with Crippen molar-refractivity contribution in [2.75, 3.05) is 12.4 Å². The van der Waals surface area contributed by atoms with Crippen LogP contribution in [0.25, 0.3) is 10.9 Å². The molecule has 0 atom stereocenters. The standard InChI is InChI=1S/C9H10N2/c1-10-9-6-11-8-5-3-2-4-7(8)9/h2-6,10-11H,1H3. The number of aromatic amines is 1. The highest BCUT2D eigenvalue weighted by atomic mass is 14.9. The summed E-state index contributed by atoms with van der Waals surface area (Å²) >= 11 is 0. The van der Waals surface area contributed by atoms with E-state index in [0.29, 0.717) is 0 Å². The maximum atomic E-state index is 3.18. The molecule has 2 aromatic rings. The molecule has 1 aromatic heterocycles. The summed E-state index contributed by atoms with van der Waals surface area (Å²) in [6.45, 7) is 0. The number of aromatic nitrogens is 1. The number of nitrogens with one attached hydrogen (secondary N) is 2. The summed E-state index contributed by atoms with van der Waals surface area (Å²) in [5.41, 5.74) is 2.33. The van der Waals surface area contributed by atoms with E-state index in [4.69, 9.17) is 0 Å². The van der Waals surface area contributed by atoms with E-state index in [9.17, 15) is 0 Å². The second-order valence-corrected chi connectivity index (χ2v) is 2.50. The maximum Gasteiger partial charge on any atom is 0.0595 e. The van der Waals surface area contributed by atoms with Gasteiger partial charge < -0.3 is 10.3 Å². The molecule has 0 bridgehead atoms. The predicted octanol–water partition coefficient (Wildman–Crippen LogP) is 2.21. The fourth-order valence-corrected chi connectivity index (χ4v) is 1.28. The van der Waals surface area contributed by atoms with Gasteiger partial charge in [0.25, 0.3) is 0 Å². The van der Waals surface area contributed by atoms with Crippen molar-refractivity contribution < 1.29 is 0 Å². The molecule has 2 heteroatoms. The molecule has 1 aromatic carbocycles. The average Bonchev–Trinajstić information content (AvgIpc) is 2.47. The lowest BCUT2D eigenvalue weighted by Gasteiger charge is -1.93. The van der Waals surface area contributed by atoms with Crippen LogP contribution in [0.1, 0.15) is 0 Å². The molecule has 0 spiro atoms. The highest BCUT2D eigenvalue weighted by molar-refractivity contribution is 5.92. The minimum atomic E-state index is 1.15. The molecule has 0 saturated carbocycles. The Labute approximate surface area is 65.2 Å². The fraction of sp³-hybridized carbons (Fsp3) is 0.111. The first-order valence-electron chi connectivity index (χ1n) is 3.65. The Balaban J connectivity index is 2.76. The Morgan fingerprint density at radius 3 is 2.91 bits per heavy atom. The zero-order valence-electron chi connectivity index (χ0n) is 6.39. The second kappa shape index (κ2) is 2.31. The minimum Gasteiger partial charge on any atom is -0.386 e. The normalized spacial score (nSPS) is 10.3. The lowest BCUT2D eigenvalue weighted by atomic mass is 10.2. The van der Waals surface area contributed by atoms with E-state index >= 15 is 0 Å². The van der Waals surface area contributed by atoms with E-state index in [1.807, 2.05) is 25.4 Å². The Morgan fingerprint density at radius 1 is 1.27 bits per heavy atom. The van der Waals surface area contributed by atoms with Crippen LogP contribution in [-0.2, 0) is 0 Å². The molecular formula is C9H10N2. The highest BCUT2D eigenvalue weighted by Gasteiger charge is 1.97. The molecule has 0 radical (unpaired) electrons. The smallest absolute Gasteiger partial charge is 0.0595 e. The van der Waals surface area contributed by atoms with Crippen LogP contribution in [0.2, 0.25) is 0 Å². The average molecular weight is 146 g/mol. The molecule has 2 rings (SSSR count). The first-order valence-corrected chi connectivity index (χ1v) is 3.65. The van der Waals surface area contributed by atoms with E-state index in [1.165, 1.54) is 10.9 Å². The predicted molar refractivity (Wildman–Crippen MR) is 47.8 cm³/mol. The van der Waals surface area contributed by atoms with Gasteiger partial charge >= 0.3 is 0 Å². The SMILES string of the molecule is CNc1c[nH]c2ccccc12. The Kier molecular flexibility index (Phi) is 1.32. The summed E-state index contributed by atoms with van der Waals surface area (Å²) in [6, 6.07) is 8.23. The fourth-order valence-electron chi connectivity index (χ4n) is 1.28. The first-order chi connectivity index (χ1) is 5.42. The van der Waals surface area contributed by atoms with Gasteiger partial charge in [-0.3, -0.25) is 0 Å². The number of H-pyrrole nitrogens is 1. The number of fused-ring (bicyclic) bond motifs is 1. The van der Waals surface area contributed by atoms with E-state index < -0.39 is 0 Å². The summed E-state index contributed by atoms with van der Waals surface area (Å²) in [6.07, 6.45) is 1.98. The molecular weight excluding hydrogens is 136 g/mol. The largest absolute Gasteiger partial charge is 0.386 e. The third-order valence-electron chi connectivity index (χ3n) is 1.86. The molecule has 2 N–H and O–H groups in total. The molecule has 0 aliphatic carbocycles. The lowest BCUT2D eigenvalue weighted by molar-refractivity contribution is 1.45. The van der Waals surface area contributed by atoms with E-state index in [2.05, 4.69) is 22.4 Å². The van der Waals surface area contributed by atoms with Gasteiger partial charge in [-0.1, -0.05) is 18.2 Å². The van der Waals surface area contributed by atoms with Crippen LogP contribution in [0.3, 0.4) is 0 Å².